The van der Waals surface area contributed by atoms with Crippen molar-refractivity contribution in [3.63, 3.8) is 0 Å². The molecule has 0 amide bonds. The lowest BCUT2D eigenvalue weighted by atomic mass is 10.0. The van der Waals surface area contributed by atoms with Gasteiger partial charge in [0.1, 0.15) is 60.7 Å². The third-order valence-electron chi connectivity index (χ3n) is 20.1. The summed E-state index contributed by atoms with van der Waals surface area (Å²) < 4.78 is 71.2. The molecule has 0 aliphatic heterocycles. The minimum absolute atomic E-state index is 0.00644. The quantitative estimate of drug-likeness (QED) is 0.0294. The number of carbonyl (C=O) groups is 5. The van der Waals surface area contributed by atoms with Crippen molar-refractivity contribution in [2.24, 2.45) is 0 Å². The highest BCUT2D eigenvalue weighted by molar-refractivity contribution is 6.01. The number of Topliss-reactive ketones (excluding diaryl/α,β-unsaturated/α-hetero) is 5. The van der Waals surface area contributed by atoms with Gasteiger partial charge < -0.3 is 24.5 Å². The Morgan fingerprint density at radius 1 is 0.268 bits per heavy atom. The summed E-state index contributed by atoms with van der Waals surface area (Å²) in [4.78, 5) is 111. The first kappa shape index (κ1) is 91.5. The number of nitrogens with zero attached hydrogens (tertiary/aromatic N) is 15. The van der Waals surface area contributed by atoms with E-state index in [1.54, 1.807) is 225 Å². The fourth-order valence-corrected chi connectivity index (χ4v) is 13.1. The predicted molar refractivity (Wildman–Crippen MR) is 485 cm³/mol. The molecular weight excluding hydrogens is 1610 g/mol. The molecule has 0 bridgehead atoms. The second-order valence-corrected chi connectivity index (χ2v) is 29.2. The van der Waals surface area contributed by atoms with Crippen LogP contribution in [0, 0.1) is 74.5 Å². The van der Waals surface area contributed by atoms with Crippen LogP contribution in [-0.4, -0.2) is 114 Å². The third-order valence-corrected chi connectivity index (χ3v) is 20.1. The van der Waals surface area contributed by atoms with Crippen molar-refractivity contribution in [1.82, 2.24) is 49.8 Å². The molecule has 0 unspecified atom stereocenters. The molecule has 0 spiro atoms. The van der Waals surface area contributed by atoms with Gasteiger partial charge >= 0.3 is 0 Å². The maximum Gasteiger partial charge on any atom is 0.167 e. The average Bonchev–Trinajstić information content (AvgIpc) is 0.836. The van der Waals surface area contributed by atoms with Crippen LogP contribution in [0.2, 0.25) is 0 Å². The second-order valence-electron chi connectivity index (χ2n) is 29.2. The maximum atomic E-state index is 14.3. The zero-order valence-corrected chi connectivity index (χ0v) is 70.7. The van der Waals surface area contributed by atoms with E-state index in [4.69, 9.17) is 12.8 Å². The van der Waals surface area contributed by atoms with Gasteiger partial charge in [-0.2, -0.15) is 0 Å². The largest absolute Gasteiger partial charge is 0.342 e. The predicted octanol–water partition coefficient (Wildman–Crippen LogP) is 19.9. The molecule has 0 fully saturated rings. The zero-order valence-electron chi connectivity index (χ0n) is 70.7. The normalized spacial score (nSPS) is 10.4. The minimum Gasteiger partial charge on any atom is -0.342 e. The molecular formula is C102H86F5N15O5. The SMILES string of the molecule is C#Cc1cccc(C(=O)Cc2cc(N(C)c3cncnc3)ccc2F)c1.C#Cc1cccc(C(=O)Cc2ccc(F)c(N(C)c3cncnc3)c2)c1.Cc1cccc(C(=O)Cc2cc(N(C)c3cncnc3)ccc2F)c1.Cc1cccc(C(=O)Cc2ccc(F)c(N(C)c3cncnc3)c2)c1.Cc1cccc(C(=O)Cc2ccc(F)c(N(C)c3cncnc3)c2)c1. The maximum absolute atomic E-state index is 14.3. The lowest BCUT2D eigenvalue weighted by Gasteiger charge is -2.20. The molecule has 15 rings (SSSR count). The van der Waals surface area contributed by atoms with Crippen molar-refractivity contribution in [3.8, 4) is 24.7 Å². The molecule has 0 atom stereocenters. The Morgan fingerprint density at radius 2 is 0.504 bits per heavy atom. The molecule has 0 aliphatic carbocycles. The first-order chi connectivity index (χ1) is 61.3. The van der Waals surface area contributed by atoms with E-state index in [-0.39, 0.29) is 84.3 Å². The van der Waals surface area contributed by atoms with Crippen LogP contribution in [0.1, 0.15) is 107 Å². The number of aryl methyl sites for hydroxylation is 3. The van der Waals surface area contributed by atoms with E-state index in [9.17, 15) is 45.9 Å². The van der Waals surface area contributed by atoms with E-state index < -0.39 is 5.82 Å². The van der Waals surface area contributed by atoms with E-state index in [2.05, 4.69) is 61.7 Å². The van der Waals surface area contributed by atoms with Gasteiger partial charge in [0.25, 0.3) is 0 Å². The highest BCUT2D eigenvalue weighted by Crippen LogP contribution is 2.33. The van der Waals surface area contributed by atoms with E-state index in [0.717, 1.165) is 50.6 Å². The van der Waals surface area contributed by atoms with E-state index in [1.165, 1.54) is 62.0 Å². The fraction of sp³-hybridized carbons (Fsp3) is 0.127. The lowest BCUT2D eigenvalue weighted by Crippen LogP contribution is -2.13. The highest BCUT2D eigenvalue weighted by atomic mass is 19.1. The molecule has 0 aliphatic rings. The molecule has 0 radical (unpaired) electrons. The van der Waals surface area contributed by atoms with Gasteiger partial charge in [-0.15, -0.1) is 12.8 Å². The number of hydrogen-bond donors (Lipinski definition) is 0. The Hall–Kier alpha value is -16.3. The molecule has 15 aromatic rings. The van der Waals surface area contributed by atoms with Crippen molar-refractivity contribution in [3.05, 3.63) is 418 Å². The fourth-order valence-electron chi connectivity index (χ4n) is 13.1. The molecule has 0 saturated carbocycles. The first-order valence-electron chi connectivity index (χ1n) is 39.6. The van der Waals surface area contributed by atoms with Gasteiger partial charge in [-0.1, -0.05) is 126 Å². The minimum atomic E-state index is -0.423. The summed E-state index contributed by atoms with van der Waals surface area (Å²) in [6.45, 7) is 5.82. The van der Waals surface area contributed by atoms with Gasteiger partial charge in [-0.05, 0) is 164 Å². The number of ketones is 5. The van der Waals surface area contributed by atoms with Gasteiger partial charge in [-0.25, -0.2) is 71.8 Å². The van der Waals surface area contributed by atoms with Crippen molar-refractivity contribution in [1.29, 1.82) is 0 Å². The van der Waals surface area contributed by atoms with Crippen LogP contribution in [0.5, 0.6) is 0 Å². The Morgan fingerprint density at radius 3 is 0.764 bits per heavy atom. The molecule has 0 saturated heterocycles. The van der Waals surface area contributed by atoms with E-state index >= 15 is 0 Å². The highest BCUT2D eigenvalue weighted by Gasteiger charge is 2.21. The van der Waals surface area contributed by atoms with E-state index in [0.29, 0.717) is 89.8 Å². The smallest absolute Gasteiger partial charge is 0.167 e. The summed E-state index contributed by atoms with van der Waals surface area (Å²) in [7, 11) is 8.87. The Balaban J connectivity index is 0.000000154. The summed E-state index contributed by atoms with van der Waals surface area (Å²) in [6, 6.07) is 59.4. The van der Waals surface area contributed by atoms with Crippen molar-refractivity contribution in [2.75, 3.05) is 59.7 Å². The zero-order chi connectivity index (χ0) is 90.5. The molecule has 5 heterocycles. The second kappa shape index (κ2) is 44.5. The van der Waals surface area contributed by atoms with Gasteiger partial charge in [0.2, 0.25) is 0 Å². The average molecular weight is 1700 g/mol. The standard InChI is InChI=1S/2C21H16FN3O.3C20H18FN3O/c1-3-15-5-4-6-17(9-15)21(26)11-16-7-8-19(22)20(10-16)25(2)18-12-23-14-24-13-18;1-3-15-5-4-6-16(9-15)21(26)11-17-10-18(7-8-20(17)22)25(2)19-12-23-14-24-13-19;2*1-14-4-3-5-16(8-14)20(25)10-15-6-7-18(21)19(9-15)24(2)17-11-22-13-23-12-17;1-14-4-3-5-15(8-14)20(25)10-16-9-17(6-7-19(16)21)24(2)18-11-22-13-23-12-18/h2*1,4-10,12-14H,11H2,2H3;3*3-9,11-13H,10H2,1-2H3. The molecule has 20 nitrogen and oxygen atoms in total. The van der Waals surface area contributed by atoms with Crippen LogP contribution in [0.3, 0.4) is 0 Å². The summed E-state index contributed by atoms with van der Waals surface area (Å²) >= 11 is 0. The number of halogens is 5. The molecule has 10 aromatic carbocycles. The number of anilines is 10. The third kappa shape index (κ3) is 25.7. The molecule has 25 heteroatoms. The van der Waals surface area contributed by atoms with Crippen LogP contribution in [0.15, 0.2) is 306 Å². The van der Waals surface area contributed by atoms with Crippen LogP contribution >= 0.6 is 0 Å². The van der Waals surface area contributed by atoms with Gasteiger partial charge in [0.05, 0.1) is 107 Å². The first-order valence-corrected chi connectivity index (χ1v) is 39.6. The Labute approximate surface area is 733 Å². The summed E-state index contributed by atoms with van der Waals surface area (Å²) in [5.41, 5.74) is 16.3. The monoisotopic (exact) mass is 1700 g/mol. The van der Waals surface area contributed by atoms with Crippen LogP contribution in [0.4, 0.5) is 78.8 Å². The Kier molecular flexibility index (Phi) is 32.0. The van der Waals surface area contributed by atoms with Crippen molar-refractivity contribution >= 4 is 85.8 Å². The molecule has 634 valence electrons. The lowest BCUT2D eigenvalue weighted by molar-refractivity contribution is 0.0983. The molecule has 0 N–H and O–H groups in total. The van der Waals surface area contributed by atoms with Gasteiger partial charge in [0.15, 0.2) is 28.9 Å². The summed E-state index contributed by atoms with van der Waals surface area (Å²) in [6.07, 6.45) is 34.7. The number of rotatable bonds is 25. The van der Waals surface area contributed by atoms with Crippen molar-refractivity contribution in [2.45, 2.75) is 52.9 Å². The van der Waals surface area contributed by atoms with Gasteiger partial charge in [-0.3, -0.25) is 24.0 Å². The van der Waals surface area contributed by atoms with E-state index in [1.807, 2.05) is 99.3 Å². The number of benzene rings is 10. The van der Waals surface area contributed by atoms with Crippen LogP contribution in [-0.2, 0) is 32.1 Å². The molecule has 5 aromatic heterocycles. The summed E-state index contributed by atoms with van der Waals surface area (Å²) in [5, 5.41) is 0. The van der Waals surface area contributed by atoms with Gasteiger partial charge in [0, 0.05) is 118 Å². The topological polar surface area (TPSA) is 230 Å². The number of carbonyl (C=O) groups excluding carboxylic acids is 5. The van der Waals surface area contributed by atoms with Crippen LogP contribution < -0.4 is 24.5 Å². The number of terminal acetylenes is 2. The number of aromatic nitrogens is 10. The Bertz CT molecular complexity index is 6300. The van der Waals surface area contributed by atoms with Crippen molar-refractivity contribution < 1.29 is 45.9 Å². The number of hydrogen-bond acceptors (Lipinski definition) is 20. The molecule has 127 heavy (non-hydrogen) atoms. The summed E-state index contributed by atoms with van der Waals surface area (Å²) in [5.74, 6) is 2.73. The van der Waals surface area contributed by atoms with Crippen LogP contribution in [0.25, 0.3) is 0 Å².